The summed E-state index contributed by atoms with van der Waals surface area (Å²) in [5.74, 6) is -2.09. The Morgan fingerprint density at radius 1 is 0.886 bits per heavy atom. The number of amides is 3. The van der Waals surface area contributed by atoms with Gasteiger partial charge in [-0.15, -0.1) is 11.3 Å². The highest BCUT2D eigenvalue weighted by Crippen LogP contribution is 2.24. The average Bonchev–Trinajstić information content (AvgIpc) is 3.37. The Balaban J connectivity index is 2.36. The van der Waals surface area contributed by atoms with E-state index >= 15 is 0 Å². The Morgan fingerprint density at radius 2 is 1.55 bits per heavy atom. The van der Waals surface area contributed by atoms with Crippen LogP contribution in [0.3, 0.4) is 0 Å². The van der Waals surface area contributed by atoms with Gasteiger partial charge in [0, 0.05) is 23.3 Å². The second kappa shape index (κ2) is 14.8. The van der Waals surface area contributed by atoms with Gasteiger partial charge < -0.3 is 36.9 Å². The molecular weight excluding hydrogens is 586 g/mol. The van der Waals surface area contributed by atoms with Crippen molar-refractivity contribution in [3.8, 4) is 0 Å². The fourth-order valence-corrected chi connectivity index (χ4v) is 4.85. The van der Waals surface area contributed by atoms with Crippen molar-refractivity contribution in [3.63, 3.8) is 0 Å². The minimum atomic E-state index is -1.76. The number of amidine groups is 2. The van der Waals surface area contributed by atoms with Crippen LogP contribution in [-0.4, -0.2) is 58.8 Å². The normalized spacial score (nSPS) is 12.8. The Kier molecular flexibility index (Phi) is 12.0. The molecule has 2 rings (SSSR count). The molecule has 0 radical (unpaired) electrons. The third kappa shape index (κ3) is 12.0. The number of benzene rings is 1. The van der Waals surface area contributed by atoms with E-state index in [0.717, 1.165) is 4.88 Å². The smallest absolute Gasteiger partial charge is 0.408 e. The molecular formula is C30H43N7O6S. The van der Waals surface area contributed by atoms with Crippen molar-refractivity contribution in [3.05, 3.63) is 57.3 Å². The van der Waals surface area contributed by atoms with Crippen LogP contribution in [0.25, 0.3) is 0 Å². The number of nitrogens with two attached hydrogens (primary N) is 2. The molecule has 0 aliphatic carbocycles. The van der Waals surface area contributed by atoms with E-state index in [1.807, 2.05) is 0 Å². The van der Waals surface area contributed by atoms with Crippen LogP contribution < -0.4 is 27.4 Å². The van der Waals surface area contributed by atoms with Gasteiger partial charge in [-0.05, 0) is 71.7 Å². The highest BCUT2D eigenvalue weighted by Gasteiger charge is 2.42. The maximum absolute atomic E-state index is 13.9. The standard InChI is InChI=1S/C30H43N7O6S/c1-28(2,3)42-23(39)12-13-30(37-27(41)43-29(4,5)6,15-18-8-7-9-19(14-18)24(31)32)26(40)36-17-22(38)35-16-20-10-11-21(44-20)25(33)34/h7-11,14H,12-13,15-17H2,1-6H3,(H3,31,32)(H3,33,34)(H,35,38)(H,36,40)(H,37,41)/t30-/m0/s1. The molecule has 0 saturated heterocycles. The minimum Gasteiger partial charge on any atom is -0.460 e. The molecule has 1 atom stereocenters. The zero-order valence-corrected chi connectivity index (χ0v) is 26.8. The van der Waals surface area contributed by atoms with Gasteiger partial charge in [0.05, 0.1) is 18.0 Å². The number of ether oxygens (including phenoxy) is 2. The summed E-state index contributed by atoms with van der Waals surface area (Å²) in [6.07, 6.45) is -1.45. The van der Waals surface area contributed by atoms with E-state index < -0.39 is 47.2 Å². The molecule has 14 heteroatoms. The van der Waals surface area contributed by atoms with Crippen LogP contribution in [0.1, 0.15) is 75.3 Å². The van der Waals surface area contributed by atoms with E-state index in [2.05, 4.69) is 16.0 Å². The Labute approximate surface area is 261 Å². The zero-order valence-electron chi connectivity index (χ0n) is 26.0. The molecule has 44 heavy (non-hydrogen) atoms. The van der Waals surface area contributed by atoms with Crippen molar-refractivity contribution in [1.29, 1.82) is 10.8 Å². The predicted octanol–water partition coefficient (Wildman–Crippen LogP) is 2.68. The minimum absolute atomic E-state index is 0.0751. The van der Waals surface area contributed by atoms with Crippen LogP contribution in [0, 0.1) is 10.8 Å². The van der Waals surface area contributed by atoms with Crippen molar-refractivity contribution in [2.75, 3.05) is 6.54 Å². The molecule has 1 heterocycles. The second-order valence-corrected chi connectivity index (χ2v) is 13.4. The van der Waals surface area contributed by atoms with Crippen molar-refractivity contribution < 1.29 is 28.7 Å². The van der Waals surface area contributed by atoms with Gasteiger partial charge in [-0.25, -0.2) is 4.79 Å². The number of rotatable bonds is 13. The SMILES string of the molecule is CC(C)(C)OC(=O)CC[C@@](Cc1cccc(C(=N)N)c1)(NC(=O)OC(C)(C)C)C(=O)NCC(=O)NCc1ccc(C(=N)N)s1. The number of carbonyl (C=O) groups is 4. The molecule has 3 amide bonds. The van der Waals surface area contributed by atoms with Gasteiger partial charge in [0.15, 0.2) is 0 Å². The molecule has 0 saturated carbocycles. The Hall–Kier alpha value is -4.46. The summed E-state index contributed by atoms with van der Waals surface area (Å²) in [4.78, 5) is 53.8. The molecule has 0 spiro atoms. The summed E-state index contributed by atoms with van der Waals surface area (Å²) in [5, 5.41) is 23.3. The third-order valence-electron chi connectivity index (χ3n) is 5.89. The topological polar surface area (TPSA) is 223 Å². The molecule has 9 N–H and O–H groups in total. The summed E-state index contributed by atoms with van der Waals surface area (Å²) < 4.78 is 10.9. The van der Waals surface area contributed by atoms with Crippen molar-refractivity contribution >= 4 is 46.9 Å². The van der Waals surface area contributed by atoms with E-state index in [4.69, 9.17) is 31.8 Å². The summed E-state index contributed by atoms with van der Waals surface area (Å²) in [7, 11) is 0. The van der Waals surface area contributed by atoms with E-state index in [-0.39, 0.29) is 37.5 Å². The third-order valence-corrected chi connectivity index (χ3v) is 7.01. The molecule has 2 aromatic rings. The van der Waals surface area contributed by atoms with Gasteiger partial charge in [0.1, 0.15) is 28.4 Å². The number of carbonyl (C=O) groups excluding carboxylic acids is 4. The molecule has 0 fully saturated rings. The summed E-state index contributed by atoms with van der Waals surface area (Å²) in [6.45, 7) is 9.88. The van der Waals surface area contributed by atoms with Gasteiger partial charge in [0.2, 0.25) is 11.8 Å². The molecule has 13 nitrogen and oxygen atoms in total. The van der Waals surface area contributed by atoms with Crippen molar-refractivity contribution in [1.82, 2.24) is 16.0 Å². The monoisotopic (exact) mass is 629 g/mol. The largest absolute Gasteiger partial charge is 0.460 e. The highest BCUT2D eigenvalue weighted by atomic mass is 32.1. The Morgan fingerprint density at radius 3 is 2.11 bits per heavy atom. The van der Waals surface area contributed by atoms with Gasteiger partial charge in [-0.1, -0.05) is 18.2 Å². The first kappa shape index (κ1) is 35.7. The fraction of sp³-hybridized carbons (Fsp3) is 0.467. The molecule has 0 aliphatic rings. The lowest BCUT2D eigenvalue weighted by Gasteiger charge is -2.34. The molecule has 0 bridgehead atoms. The lowest BCUT2D eigenvalue weighted by Crippen LogP contribution is -2.61. The predicted molar refractivity (Wildman–Crippen MR) is 169 cm³/mol. The van der Waals surface area contributed by atoms with Gasteiger partial charge >= 0.3 is 12.1 Å². The van der Waals surface area contributed by atoms with Crippen molar-refractivity contribution in [2.24, 2.45) is 11.5 Å². The van der Waals surface area contributed by atoms with E-state index in [9.17, 15) is 19.2 Å². The van der Waals surface area contributed by atoms with E-state index in [0.29, 0.717) is 16.0 Å². The maximum atomic E-state index is 13.9. The molecule has 240 valence electrons. The van der Waals surface area contributed by atoms with E-state index in [1.165, 1.54) is 11.3 Å². The zero-order chi connectivity index (χ0) is 33.3. The number of hydrogen-bond acceptors (Lipinski definition) is 9. The highest BCUT2D eigenvalue weighted by molar-refractivity contribution is 7.14. The van der Waals surface area contributed by atoms with Gasteiger partial charge in [-0.2, -0.15) is 0 Å². The molecule has 1 aromatic heterocycles. The Bertz CT molecular complexity index is 1390. The summed E-state index contributed by atoms with van der Waals surface area (Å²) in [6, 6.07) is 10.0. The van der Waals surface area contributed by atoms with Crippen LogP contribution in [0.4, 0.5) is 4.79 Å². The number of thiophene rings is 1. The van der Waals surface area contributed by atoms with Crippen LogP contribution in [0.5, 0.6) is 0 Å². The van der Waals surface area contributed by atoms with Gasteiger partial charge in [0.25, 0.3) is 0 Å². The van der Waals surface area contributed by atoms with Crippen molar-refractivity contribution in [2.45, 2.75) is 84.1 Å². The lowest BCUT2D eigenvalue weighted by molar-refractivity contribution is -0.155. The lowest BCUT2D eigenvalue weighted by atomic mass is 9.84. The van der Waals surface area contributed by atoms with E-state index in [1.54, 1.807) is 77.9 Å². The number of esters is 1. The number of nitrogen functional groups attached to an aromatic ring is 2. The first-order chi connectivity index (χ1) is 20.3. The van der Waals surface area contributed by atoms with Crippen LogP contribution in [0.2, 0.25) is 0 Å². The fourth-order valence-electron chi connectivity index (χ4n) is 4.05. The average molecular weight is 630 g/mol. The van der Waals surface area contributed by atoms with Crippen LogP contribution in [0.15, 0.2) is 36.4 Å². The van der Waals surface area contributed by atoms with Crippen LogP contribution >= 0.6 is 11.3 Å². The number of hydrogen-bond donors (Lipinski definition) is 7. The second-order valence-electron chi connectivity index (χ2n) is 12.2. The van der Waals surface area contributed by atoms with Gasteiger partial charge in [-0.3, -0.25) is 25.2 Å². The quantitative estimate of drug-likeness (QED) is 0.0988. The summed E-state index contributed by atoms with van der Waals surface area (Å²) >= 11 is 1.26. The maximum Gasteiger partial charge on any atom is 0.408 e. The molecule has 1 aromatic carbocycles. The number of alkyl carbamates (subject to hydrolysis) is 1. The summed E-state index contributed by atoms with van der Waals surface area (Å²) in [5.41, 5.74) is 8.68. The molecule has 0 unspecified atom stereocenters. The first-order valence-corrected chi connectivity index (χ1v) is 14.7. The molecule has 0 aliphatic heterocycles. The van der Waals surface area contributed by atoms with Crippen LogP contribution in [-0.2, 0) is 36.8 Å². The first-order valence-electron chi connectivity index (χ1n) is 13.9. The number of nitrogens with one attached hydrogen (secondary N) is 5.